The van der Waals surface area contributed by atoms with Crippen LogP contribution in [0.2, 0.25) is 0 Å². The number of aromatic amines is 1. The van der Waals surface area contributed by atoms with E-state index in [2.05, 4.69) is 16.9 Å². The van der Waals surface area contributed by atoms with Crippen molar-refractivity contribution in [2.24, 2.45) is 0 Å². The zero-order chi connectivity index (χ0) is 14.7. The van der Waals surface area contributed by atoms with Crippen LogP contribution in [0.1, 0.15) is 36.3 Å². The molecule has 0 aromatic carbocycles. The fourth-order valence-electron chi connectivity index (χ4n) is 2.23. The number of aromatic nitrogens is 3. The first kappa shape index (κ1) is 14.1. The van der Waals surface area contributed by atoms with Crippen molar-refractivity contribution in [2.45, 2.75) is 33.6 Å². The van der Waals surface area contributed by atoms with Gasteiger partial charge in [0, 0.05) is 23.9 Å². The highest BCUT2D eigenvalue weighted by molar-refractivity contribution is 5.85. The second kappa shape index (κ2) is 5.77. The molecule has 0 amide bonds. The Bertz CT molecular complexity index is 631. The number of rotatable bonds is 5. The Hall–Kier alpha value is -2.30. The number of carboxylic acid groups (broad SMARTS) is 1. The maximum atomic E-state index is 10.7. The topological polar surface area (TPSA) is 70.9 Å². The molecule has 0 bridgehead atoms. The molecule has 106 valence electrons. The summed E-state index contributed by atoms with van der Waals surface area (Å²) in [5.74, 6) is 0.662. The van der Waals surface area contributed by atoms with E-state index >= 15 is 0 Å². The van der Waals surface area contributed by atoms with Crippen LogP contribution in [0.25, 0.3) is 11.9 Å². The predicted octanol–water partition coefficient (Wildman–Crippen LogP) is 2.87. The molecule has 5 nitrogen and oxygen atoms in total. The first-order valence-corrected chi connectivity index (χ1v) is 6.68. The van der Waals surface area contributed by atoms with Crippen LogP contribution >= 0.6 is 0 Å². The number of hydrogen-bond donors (Lipinski definition) is 2. The smallest absolute Gasteiger partial charge is 0.328 e. The summed E-state index contributed by atoms with van der Waals surface area (Å²) in [6, 6.07) is 4.04. The third-order valence-corrected chi connectivity index (χ3v) is 3.12. The van der Waals surface area contributed by atoms with Gasteiger partial charge < -0.3 is 14.7 Å². The van der Waals surface area contributed by atoms with E-state index < -0.39 is 5.97 Å². The van der Waals surface area contributed by atoms with Gasteiger partial charge in [0.15, 0.2) is 5.82 Å². The molecule has 20 heavy (non-hydrogen) atoms. The SMILES string of the molecule is CCCc1nc(-n2c(C)ccc2C)c(/C=C/C(=O)O)[nH]1. The molecule has 0 aliphatic rings. The lowest BCUT2D eigenvalue weighted by atomic mass is 10.3. The summed E-state index contributed by atoms with van der Waals surface area (Å²) in [5, 5.41) is 8.79. The van der Waals surface area contributed by atoms with Crippen molar-refractivity contribution in [3.05, 3.63) is 41.1 Å². The van der Waals surface area contributed by atoms with Gasteiger partial charge in [-0.2, -0.15) is 0 Å². The highest BCUT2D eigenvalue weighted by Crippen LogP contribution is 2.20. The first-order valence-electron chi connectivity index (χ1n) is 6.68. The summed E-state index contributed by atoms with van der Waals surface area (Å²) in [6.45, 7) is 6.10. The number of nitrogens with one attached hydrogen (secondary N) is 1. The average molecular weight is 273 g/mol. The van der Waals surface area contributed by atoms with Gasteiger partial charge in [0.05, 0.1) is 5.69 Å². The number of nitrogens with zero attached hydrogens (tertiary/aromatic N) is 2. The fraction of sp³-hybridized carbons (Fsp3) is 0.333. The normalized spacial score (nSPS) is 11.3. The maximum Gasteiger partial charge on any atom is 0.328 e. The van der Waals surface area contributed by atoms with Crippen molar-refractivity contribution in [3.8, 4) is 5.82 Å². The minimum absolute atomic E-state index is 0.721. The van der Waals surface area contributed by atoms with Crippen LogP contribution in [0, 0.1) is 13.8 Å². The van der Waals surface area contributed by atoms with Gasteiger partial charge in [-0.05, 0) is 38.5 Å². The molecule has 2 aromatic rings. The van der Waals surface area contributed by atoms with E-state index in [0.29, 0.717) is 0 Å². The van der Waals surface area contributed by atoms with Gasteiger partial charge in [-0.15, -0.1) is 0 Å². The lowest BCUT2D eigenvalue weighted by Crippen LogP contribution is -2.01. The Morgan fingerprint density at radius 2 is 2.05 bits per heavy atom. The predicted molar refractivity (Wildman–Crippen MR) is 78.1 cm³/mol. The van der Waals surface area contributed by atoms with Crippen LogP contribution in [0.3, 0.4) is 0 Å². The third-order valence-electron chi connectivity index (χ3n) is 3.12. The summed E-state index contributed by atoms with van der Waals surface area (Å²) < 4.78 is 2.02. The molecule has 0 unspecified atom stereocenters. The lowest BCUT2D eigenvalue weighted by molar-refractivity contribution is -0.131. The van der Waals surface area contributed by atoms with Crippen LogP contribution in [0.15, 0.2) is 18.2 Å². The van der Waals surface area contributed by atoms with Gasteiger partial charge in [0.25, 0.3) is 0 Å². The summed E-state index contributed by atoms with van der Waals surface area (Å²) in [6.07, 6.45) is 4.51. The second-order valence-corrected chi connectivity index (χ2v) is 4.79. The maximum absolute atomic E-state index is 10.7. The number of hydrogen-bond acceptors (Lipinski definition) is 2. The fourth-order valence-corrected chi connectivity index (χ4v) is 2.23. The van der Waals surface area contributed by atoms with Gasteiger partial charge in [0.1, 0.15) is 5.82 Å². The molecule has 0 aliphatic carbocycles. The van der Waals surface area contributed by atoms with Crippen molar-refractivity contribution >= 4 is 12.0 Å². The Morgan fingerprint density at radius 3 is 2.60 bits per heavy atom. The molecule has 5 heteroatoms. The summed E-state index contributed by atoms with van der Waals surface area (Å²) in [7, 11) is 0. The monoisotopic (exact) mass is 273 g/mol. The number of carbonyl (C=O) groups is 1. The van der Waals surface area contributed by atoms with E-state index in [-0.39, 0.29) is 0 Å². The molecule has 0 saturated carbocycles. The number of aliphatic carboxylic acids is 1. The van der Waals surface area contributed by atoms with Crippen LogP contribution in [-0.2, 0) is 11.2 Å². The molecular weight excluding hydrogens is 254 g/mol. The first-order chi connectivity index (χ1) is 9.52. The Morgan fingerprint density at radius 1 is 1.40 bits per heavy atom. The number of carboxylic acids is 1. The van der Waals surface area contributed by atoms with Crippen molar-refractivity contribution in [3.63, 3.8) is 0 Å². The Balaban J connectivity index is 2.52. The van der Waals surface area contributed by atoms with Gasteiger partial charge in [0.2, 0.25) is 0 Å². The van der Waals surface area contributed by atoms with E-state index in [1.807, 2.05) is 30.5 Å². The molecule has 2 N–H and O–H groups in total. The summed E-state index contributed by atoms with van der Waals surface area (Å²) in [4.78, 5) is 18.5. The number of imidazole rings is 1. The summed E-state index contributed by atoms with van der Waals surface area (Å²) in [5.41, 5.74) is 2.86. The minimum Gasteiger partial charge on any atom is -0.478 e. The molecule has 0 spiro atoms. The molecule has 2 rings (SSSR count). The van der Waals surface area contributed by atoms with E-state index in [9.17, 15) is 4.79 Å². The minimum atomic E-state index is -0.969. The molecule has 0 aliphatic heterocycles. The molecule has 0 radical (unpaired) electrons. The highest BCUT2D eigenvalue weighted by Gasteiger charge is 2.13. The van der Waals surface area contributed by atoms with Crippen molar-refractivity contribution in [2.75, 3.05) is 0 Å². The van der Waals surface area contributed by atoms with Crippen LogP contribution in [0.4, 0.5) is 0 Å². The quantitative estimate of drug-likeness (QED) is 0.823. The van der Waals surface area contributed by atoms with Crippen molar-refractivity contribution in [1.82, 2.24) is 14.5 Å². The number of H-pyrrole nitrogens is 1. The van der Waals surface area contributed by atoms with Gasteiger partial charge in [-0.1, -0.05) is 6.92 Å². The zero-order valence-electron chi connectivity index (χ0n) is 12.0. The standard InChI is InChI=1S/C15H19N3O2/c1-4-5-13-16-12(8-9-14(19)20)15(17-13)18-10(2)6-7-11(18)3/h6-9H,4-5H2,1-3H3,(H,16,17)(H,19,20)/b9-8+. The van der Waals surface area contributed by atoms with Crippen LogP contribution in [-0.4, -0.2) is 25.6 Å². The zero-order valence-corrected chi connectivity index (χ0v) is 12.0. The van der Waals surface area contributed by atoms with Gasteiger partial charge in [-0.25, -0.2) is 9.78 Å². The average Bonchev–Trinajstić information content (AvgIpc) is 2.91. The molecule has 2 aromatic heterocycles. The van der Waals surface area contributed by atoms with Gasteiger partial charge in [-0.3, -0.25) is 0 Å². The summed E-state index contributed by atoms with van der Waals surface area (Å²) >= 11 is 0. The van der Waals surface area contributed by atoms with E-state index in [4.69, 9.17) is 5.11 Å². The third kappa shape index (κ3) is 2.82. The molecule has 0 fully saturated rings. The van der Waals surface area contributed by atoms with Crippen LogP contribution < -0.4 is 0 Å². The molecule has 0 atom stereocenters. The second-order valence-electron chi connectivity index (χ2n) is 4.79. The lowest BCUT2D eigenvalue weighted by Gasteiger charge is -2.06. The number of aryl methyl sites for hydroxylation is 3. The van der Waals surface area contributed by atoms with Crippen LogP contribution in [0.5, 0.6) is 0 Å². The largest absolute Gasteiger partial charge is 0.478 e. The van der Waals surface area contributed by atoms with Crippen molar-refractivity contribution < 1.29 is 9.90 Å². The highest BCUT2D eigenvalue weighted by atomic mass is 16.4. The molecule has 2 heterocycles. The molecule has 0 saturated heterocycles. The van der Waals surface area contributed by atoms with Crippen molar-refractivity contribution in [1.29, 1.82) is 0 Å². The van der Waals surface area contributed by atoms with Gasteiger partial charge >= 0.3 is 5.97 Å². The Labute approximate surface area is 118 Å². The van der Waals surface area contributed by atoms with E-state index in [0.717, 1.165) is 47.6 Å². The Kier molecular flexibility index (Phi) is 4.08. The van der Waals surface area contributed by atoms with E-state index in [1.54, 1.807) is 6.08 Å². The molecular formula is C15H19N3O2. The van der Waals surface area contributed by atoms with E-state index in [1.165, 1.54) is 0 Å².